The van der Waals surface area contributed by atoms with Crippen LogP contribution in [0.4, 0.5) is 4.39 Å². The number of hydrogen-bond acceptors (Lipinski definition) is 5. The average molecular weight is 356 g/mol. The molecule has 0 saturated heterocycles. The maximum absolute atomic E-state index is 12.9. The zero-order chi connectivity index (χ0) is 18.7. The van der Waals surface area contributed by atoms with Crippen LogP contribution in [0.1, 0.15) is 16.7 Å². The Morgan fingerprint density at radius 2 is 1.88 bits per heavy atom. The monoisotopic (exact) mass is 356 g/mol. The number of benzene rings is 2. The minimum atomic E-state index is -0.573. The molecule has 6 heteroatoms. The Kier molecular flexibility index (Phi) is 5.02. The highest BCUT2D eigenvalue weighted by Gasteiger charge is 2.15. The van der Waals surface area contributed by atoms with E-state index >= 15 is 0 Å². The quantitative estimate of drug-likeness (QED) is 0.517. The van der Waals surface area contributed by atoms with E-state index in [4.69, 9.17) is 9.15 Å². The fourth-order valence-electron chi connectivity index (χ4n) is 2.63. The molecule has 0 atom stereocenters. The van der Waals surface area contributed by atoms with E-state index in [1.165, 1.54) is 19.2 Å². The minimum Gasteiger partial charge on any atom is -0.489 e. The predicted octanol–water partition coefficient (Wildman–Crippen LogP) is 3.54. The Bertz CT molecular complexity index is 1010. The highest BCUT2D eigenvalue weighted by molar-refractivity contribution is 5.84. The van der Waals surface area contributed by atoms with E-state index in [1.54, 1.807) is 37.3 Å². The molecule has 3 rings (SSSR count). The molecule has 0 fully saturated rings. The zero-order valence-electron chi connectivity index (χ0n) is 14.4. The molecule has 0 unspecified atom stereocenters. The van der Waals surface area contributed by atoms with Crippen molar-refractivity contribution in [3.05, 3.63) is 75.4 Å². The van der Waals surface area contributed by atoms with Crippen LogP contribution >= 0.6 is 0 Å². The van der Waals surface area contributed by atoms with Crippen molar-refractivity contribution < 1.29 is 23.1 Å². The molecule has 1 aromatic heterocycles. The maximum Gasteiger partial charge on any atom is 0.340 e. The van der Waals surface area contributed by atoms with E-state index in [0.717, 1.165) is 10.9 Å². The third-order valence-electron chi connectivity index (χ3n) is 4.13. The van der Waals surface area contributed by atoms with Gasteiger partial charge in [0.1, 0.15) is 23.8 Å². The van der Waals surface area contributed by atoms with Crippen LogP contribution in [0.2, 0.25) is 0 Å². The van der Waals surface area contributed by atoms with Gasteiger partial charge in [0.15, 0.2) is 0 Å². The summed E-state index contributed by atoms with van der Waals surface area (Å²) >= 11 is 0. The summed E-state index contributed by atoms with van der Waals surface area (Å²) in [5.41, 5.74) is 1.57. The first-order valence-electron chi connectivity index (χ1n) is 7.98. The SMILES string of the molecule is COC(=O)Cc1c(C)c2ccc(OCc3ccc(F)cc3)cc2oc1=O. The summed E-state index contributed by atoms with van der Waals surface area (Å²) in [6.07, 6.45) is -0.135. The van der Waals surface area contributed by atoms with Crippen LogP contribution in [-0.2, 0) is 22.6 Å². The molecule has 134 valence electrons. The molecule has 0 aliphatic carbocycles. The van der Waals surface area contributed by atoms with Crippen molar-refractivity contribution in [1.29, 1.82) is 0 Å². The summed E-state index contributed by atoms with van der Waals surface area (Å²) in [6.45, 7) is 2.02. The Morgan fingerprint density at radius 3 is 2.58 bits per heavy atom. The molecule has 1 heterocycles. The Hall–Kier alpha value is -3.15. The number of methoxy groups -OCH3 is 1. The molecule has 0 amide bonds. The Morgan fingerprint density at radius 1 is 1.15 bits per heavy atom. The third-order valence-corrected chi connectivity index (χ3v) is 4.13. The number of carbonyl (C=O) groups is 1. The number of esters is 1. The molecular weight excluding hydrogens is 339 g/mol. The fraction of sp³-hybridized carbons (Fsp3) is 0.200. The van der Waals surface area contributed by atoms with E-state index in [9.17, 15) is 14.0 Å². The van der Waals surface area contributed by atoms with Gasteiger partial charge in [-0.3, -0.25) is 4.79 Å². The van der Waals surface area contributed by atoms with Gasteiger partial charge in [-0.2, -0.15) is 0 Å². The molecule has 5 nitrogen and oxygen atoms in total. The molecule has 3 aromatic rings. The second-order valence-corrected chi connectivity index (χ2v) is 5.82. The summed E-state index contributed by atoms with van der Waals surface area (Å²) in [7, 11) is 1.27. The van der Waals surface area contributed by atoms with Gasteiger partial charge in [0, 0.05) is 11.5 Å². The van der Waals surface area contributed by atoms with Crippen LogP contribution in [0, 0.1) is 12.7 Å². The van der Waals surface area contributed by atoms with Crippen molar-refractivity contribution in [3.8, 4) is 5.75 Å². The lowest BCUT2D eigenvalue weighted by Crippen LogP contribution is -2.16. The predicted molar refractivity (Wildman–Crippen MR) is 93.7 cm³/mol. The van der Waals surface area contributed by atoms with Gasteiger partial charge in [-0.25, -0.2) is 9.18 Å². The largest absolute Gasteiger partial charge is 0.489 e. The molecule has 2 aromatic carbocycles. The topological polar surface area (TPSA) is 65.7 Å². The van der Waals surface area contributed by atoms with Crippen LogP contribution in [0.15, 0.2) is 51.7 Å². The van der Waals surface area contributed by atoms with E-state index in [0.29, 0.717) is 16.9 Å². The van der Waals surface area contributed by atoms with E-state index in [1.807, 2.05) is 0 Å². The number of carbonyl (C=O) groups excluding carboxylic acids is 1. The van der Waals surface area contributed by atoms with Gasteiger partial charge >= 0.3 is 11.6 Å². The second kappa shape index (κ2) is 7.39. The molecule has 0 radical (unpaired) electrons. The van der Waals surface area contributed by atoms with Crippen LogP contribution in [0.25, 0.3) is 11.0 Å². The summed E-state index contributed by atoms with van der Waals surface area (Å²) in [5.74, 6) is -0.288. The standard InChI is InChI=1S/C20H17FO5/c1-12-16-8-7-15(25-11-13-3-5-14(21)6-4-13)9-18(16)26-20(23)17(12)10-19(22)24-2/h3-9H,10-11H2,1-2H3. The number of fused-ring (bicyclic) bond motifs is 1. The minimum absolute atomic E-state index is 0.135. The zero-order valence-corrected chi connectivity index (χ0v) is 14.4. The van der Waals surface area contributed by atoms with Crippen molar-refractivity contribution >= 4 is 16.9 Å². The first-order chi connectivity index (χ1) is 12.5. The van der Waals surface area contributed by atoms with Crippen molar-refractivity contribution in [1.82, 2.24) is 0 Å². The van der Waals surface area contributed by atoms with Crippen LogP contribution in [0.5, 0.6) is 5.75 Å². The first kappa shape index (κ1) is 17.7. The van der Waals surface area contributed by atoms with Crippen molar-refractivity contribution in [2.75, 3.05) is 7.11 Å². The highest BCUT2D eigenvalue weighted by Crippen LogP contribution is 2.25. The van der Waals surface area contributed by atoms with Gasteiger partial charge < -0.3 is 13.9 Å². The van der Waals surface area contributed by atoms with Gasteiger partial charge in [0.25, 0.3) is 0 Å². The van der Waals surface area contributed by atoms with Crippen molar-refractivity contribution in [2.45, 2.75) is 20.0 Å². The van der Waals surface area contributed by atoms with Gasteiger partial charge in [0.05, 0.1) is 19.1 Å². The van der Waals surface area contributed by atoms with Crippen LogP contribution < -0.4 is 10.4 Å². The van der Waals surface area contributed by atoms with Crippen LogP contribution in [0.3, 0.4) is 0 Å². The smallest absolute Gasteiger partial charge is 0.340 e. The summed E-state index contributed by atoms with van der Waals surface area (Å²) in [5, 5.41) is 0.720. The van der Waals surface area contributed by atoms with Crippen LogP contribution in [-0.4, -0.2) is 13.1 Å². The number of ether oxygens (including phenoxy) is 2. The molecule has 0 saturated carbocycles. The summed E-state index contributed by atoms with van der Waals surface area (Å²) in [6, 6.07) is 11.2. The number of aryl methyl sites for hydroxylation is 1. The van der Waals surface area contributed by atoms with E-state index in [2.05, 4.69) is 4.74 Å². The lowest BCUT2D eigenvalue weighted by Gasteiger charge is -2.10. The van der Waals surface area contributed by atoms with E-state index < -0.39 is 11.6 Å². The third kappa shape index (κ3) is 3.74. The van der Waals surface area contributed by atoms with Gasteiger partial charge in [-0.15, -0.1) is 0 Å². The second-order valence-electron chi connectivity index (χ2n) is 5.82. The first-order valence-corrected chi connectivity index (χ1v) is 7.98. The lowest BCUT2D eigenvalue weighted by atomic mass is 10.0. The molecule has 0 spiro atoms. The molecule has 0 bridgehead atoms. The molecule has 0 aliphatic rings. The summed E-state index contributed by atoms with van der Waals surface area (Å²) in [4.78, 5) is 23.6. The molecule has 26 heavy (non-hydrogen) atoms. The summed E-state index contributed by atoms with van der Waals surface area (Å²) < 4.78 is 28.5. The van der Waals surface area contributed by atoms with E-state index in [-0.39, 0.29) is 24.4 Å². The Labute approximate surface area is 149 Å². The molecular formula is C20H17FO5. The fourth-order valence-corrected chi connectivity index (χ4v) is 2.63. The van der Waals surface area contributed by atoms with Gasteiger partial charge in [-0.05, 0) is 42.3 Å². The van der Waals surface area contributed by atoms with Gasteiger partial charge in [-0.1, -0.05) is 12.1 Å². The average Bonchev–Trinajstić information content (AvgIpc) is 2.64. The maximum atomic E-state index is 12.9. The molecule has 0 N–H and O–H groups in total. The Balaban J connectivity index is 1.86. The lowest BCUT2D eigenvalue weighted by molar-refractivity contribution is -0.139. The van der Waals surface area contributed by atoms with Crippen molar-refractivity contribution in [2.24, 2.45) is 0 Å². The molecule has 0 aliphatic heterocycles. The highest BCUT2D eigenvalue weighted by atomic mass is 19.1. The van der Waals surface area contributed by atoms with Crippen molar-refractivity contribution in [3.63, 3.8) is 0 Å². The number of hydrogen-bond donors (Lipinski definition) is 0. The number of rotatable bonds is 5. The normalized spacial score (nSPS) is 10.7. The number of halogens is 1. The van der Waals surface area contributed by atoms with Gasteiger partial charge in [0.2, 0.25) is 0 Å².